The lowest BCUT2D eigenvalue weighted by Crippen LogP contribution is -2.41. The normalized spacial score (nSPS) is 11.1. The standard InChI is InChI=1S/C11H15BrN2O2S/c1-7(2)14(6-10(13)16)5-9(15)11-8(12)3-4-17-11/h3-4,7H,5-6H2,1-2H3,(H2,13,16). The first-order chi connectivity index (χ1) is 7.91. The summed E-state index contributed by atoms with van der Waals surface area (Å²) in [6.07, 6.45) is 0. The molecule has 1 amide bonds. The third-order valence-corrected chi connectivity index (χ3v) is 4.19. The Bertz CT molecular complexity index is 417. The number of carbonyl (C=O) groups excluding carboxylic acids is 2. The van der Waals surface area contributed by atoms with Gasteiger partial charge in [-0.25, -0.2) is 0 Å². The summed E-state index contributed by atoms with van der Waals surface area (Å²) < 4.78 is 0.801. The van der Waals surface area contributed by atoms with Gasteiger partial charge in [-0.1, -0.05) is 0 Å². The average Bonchev–Trinajstić information content (AvgIpc) is 2.62. The van der Waals surface area contributed by atoms with Crippen LogP contribution in [0.4, 0.5) is 0 Å². The number of Topliss-reactive ketones (excluding diaryl/α,β-unsaturated/α-hetero) is 1. The van der Waals surface area contributed by atoms with E-state index in [0.29, 0.717) is 4.88 Å². The zero-order chi connectivity index (χ0) is 13.0. The lowest BCUT2D eigenvalue weighted by atomic mass is 10.2. The highest BCUT2D eigenvalue weighted by atomic mass is 79.9. The van der Waals surface area contributed by atoms with Crippen LogP contribution >= 0.6 is 27.3 Å². The average molecular weight is 319 g/mol. The van der Waals surface area contributed by atoms with Gasteiger partial charge in [0.15, 0.2) is 5.78 Å². The van der Waals surface area contributed by atoms with Crippen molar-refractivity contribution in [2.75, 3.05) is 13.1 Å². The number of halogens is 1. The molecule has 0 aliphatic heterocycles. The highest BCUT2D eigenvalue weighted by Gasteiger charge is 2.19. The van der Waals surface area contributed by atoms with Crippen molar-refractivity contribution in [2.45, 2.75) is 19.9 Å². The van der Waals surface area contributed by atoms with Crippen LogP contribution in [0.3, 0.4) is 0 Å². The van der Waals surface area contributed by atoms with E-state index < -0.39 is 5.91 Å². The number of nitrogens with zero attached hydrogens (tertiary/aromatic N) is 1. The summed E-state index contributed by atoms with van der Waals surface area (Å²) in [5, 5.41) is 1.85. The molecule has 0 atom stereocenters. The van der Waals surface area contributed by atoms with Gasteiger partial charge in [-0.15, -0.1) is 11.3 Å². The zero-order valence-electron chi connectivity index (χ0n) is 9.77. The highest BCUT2D eigenvalue weighted by molar-refractivity contribution is 9.10. The molecule has 1 aromatic rings. The van der Waals surface area contributed by atoms with E-state index in [1.165, 1.54) is 11.3 Å². The fraction of sp³-hybridized carbons (Fsp3) is 0.455. The van der Waals surface area contributed by atoms with E-state index in [9.17, 15) is 9.59 Å². The van der Waals surface area contributed by atoms with Gasteiger partial charge >= 0.3 is 0 Å². The van der Waals surface area contributed by atoms with Crippen molar-refractivity contribution in [2.24, 2.45) is 5.73 Å². The van der Waals surface area contributed by atoms with Crippen LogP contribution in [0.5, 0.6) is 0 Å². The van der Waals surface area contributed by atoms with Gasteiger partial charge < -0.3 is 5.73 Å². The number of ketones is 1. The maximum Gasteiger partial charge on any atom is 0.231 e. The predicted molar refractivity (Wildman–Crippen MR) is 72.3 cm³/mol. The highest BCUT2D eigenvalue weighted by Crippen LogP contribution is 2.23. The molecule has 6 heteroatoms. The van der Waals surface area contributed by atoms with E-state index in [2.05, 4.69) is 15.9 Å². The summed E-state index contributed by atoms with van der Waals surface area (Å²) in [5.41, 5.74) is 5.16. The van der Waals surface area contributed by atoms with Gasteiger partial charge in [0.2, 0.25) is 5.91 Å². The minimum absolute atomic E-state index is 0.00169. The minimum Gasteiger partial charge on any atom is -0.369 e. The minimum atomic E-state index is -0.420. The molecule has 0 saturated heterocycles. The molecule has 1 aromatic heterocycles. The third kappa shape index (κ3) is 4.22. The zero-order valence-corrected chi connectivity index (χ0v) is 12.2. The Hall–Kier alpha value is -0.720. The van der Waals surface area contributed by atoms with Crippen LogP contribution < -0.4 is 5.73 Å². The maximum absolute atomic E-state index is 12.0. The second-order valence-electron chi connectivity index (χ2n) is 3.99. The van der Waals surface area contributed by atoms with E-state index in [1.54, 1.807) is 4.90 Å². The molecule has 2 N–H and O–H groups in total. The molecule has 0 unspecified atom stereocenters. The number of primary amides is 1. The van der Waals surface area contributed by atoms with E-state index in [1.807, 2.05) is 25.3 Å². The molecule has 0 saturated carbocycles. The Morgan fingerprint density at radius 1 is 1.47 bits per heavy atom. The summed E-state index contributed by atoms with van der Waals surface area (Å²) in [6.45, 7) is 4.17. The van der Waals surface area contributed by atoms with Gasteiger partial charge in [-0.05, 0) is 41.2 Å². The predicted octanol–water partition coefficient (Wildman–Crippen LogP) is 1.89. The first-order valence-corrected chi connectivity index (χ1v) is 6.87. The second-order valence-corrected chi connectivity index (χ2v) is 5.76. The lowest BCUT2D eigenvalue weighted by Gasteiger charge is -2.23. The van der Waals surface area contributed by atoms with E-state index in [0.717, 1.165) is 4.47 Å². The largest absolute Gasteiger partial charge is 0.369 e. The van der Waals surface area contributed by atoms with Crippen LogP contribution in [-0.2, 0) is 4.79 Å². The Labute approximate surface area is 113 Å². The molecule has 0 aliphatic rings. The fourth-order valence-electron chi connectivity index (χ4n) is 1.37. The van der Waals surface area contributed by atoms with Crippen molar-refractivity contribution in [1.82, 2.24) is 4.90 Å². The van der Waals surface area contributed by atoms with Gasteiger partial charge in [0.05, 0.1) is 18.0 Å². The number of thiophene rings is 1. The lowest BCUT2D eigenvalue weighted by molar-refractivity contribution is -0.119. The number of hydrogen-bond donors (Lipinski definition) is 1. The SMILES string of the molecule is CC(C)N(CC(N)=O)CC(=O)c1sccc1Br. The first kappa shape index (κ1) is 14.3. The Balaban J connectivity index is 2.71. The molecule has 0 spiro atoms. The monoisotopic (exact) mass is 318 g/mol. The van der Waals surface area contributed by atoms with Crippen molar-refractivity contribution in [1.29, 1.82) is 0 Å². The van der Waals surface area contributed by atoms with Crippen LogP contribution in [0.15, 0.2) is 15.9 Å². The van der Waals surface area contributed by atoms with Crippen LogP contribution in [0.2, 0.25) is 0 Å². The number of carbonyl (C=O) groups is 2. The number of rotatable bonds is 6. The molecule has 0 fully saturated rings. The van der Waals surface area contributed by atoms with Gasteiger partial charge in [-0.2, -0.15) is 0 Å². The molecule has 0 aliphatic carbocycles. The van der Waals surface area contributed by atoms with E-state index in [-0.39, 0.29) is 24.9 Å². The topological polar surface area (TPSA) is 63.4 Å². The van der Waals surface area contributed by atoms with Crippen LogP contribution in [0, 0.1) is 0 Å². The molecule has 0 bridgehead atoms. The third-order valence-electron chi connectivity index (χ3n) is 2.31. The molecular weight excluding hydrogens is 304 g/mol. The van der Waals surface area contributed by atoms with Crippen molar-refractivity contribution in [3.63, 3.8) is 0 Å². The molecular formula is C11H15BrN2O2S. The molecule has 94 valence electrons. The van der Waals surface area contributed by atoms with Crippen molar-refractivity contribution < 1.29 is 9.59 Å². The Kier molecular flexibility index (Phi) is 5.30. The number of nitrogens with two attached hydrogens (primary N) is 1. The quantitative estimate of drug-likeness (QED) is 0.815. The summed E-state index contributed by atoms with van der Waals surface area (Å²) in [5.74, 6) is -0.418. The molecule has 1 rings (SSSR count). The van der Waals surface area contributed by atoms with Crippen LogP contribution in [-0.4, -0.2) is 35.7 Å². The van der Waals surface area contributed by atoms with E-state index in [4.69, 9.17) is 5.73 Å². The summed E-state index contributed by atoms with van der Waals surface area (Å²) in [6, 6.07) is 1.94. The number of amides is 1. The van der Waals surface area contributed by atoms with Crippen molar-refractivity contribution in [3.05, 3.63) is 20.8 Å². The molecule has 1 heterocycles. The van der Waals surface area contributed by atoms with Crippen LogP contribution in [0.1, 0.15) is 23.5 Å². The van der Waals surface area contributed by atoms with Gasteiger partial charge in [0, 0.05) is 10.5 Å². The van der Waals surface area contributed by atoms with Crippen molar-refractivity contribution >= 4 is 39.0 Å². The number of hydrogen-bond acceptors (Lipinski definition) is 4. The Morgan fingerprint density at radius 2 is 2.12 bits per heavy atom. The maximum atomic E-state index is 12.0. The fourth-order valence-corrected chi connectivity index (χ4v) is 2.90. The second kappa shape index (κ2) is 6.28. The first-order valence-electron chi connectivity index (χ1n) is 5.20. The summed E-state index contributed by atoms with van der Waals surface area (Å²) in [7, 11) is 0. The van der Waals surface area contributed by atoms with E-state index >= 15 is 0 Å². The molecule has 17 heavy (non-hydrogen) atoms. The van der Waals surface area contributed by atoms with Crippen LogP contribution in [0.25, 0.3) is 0 Å². The van der Waals surface area contributed by atoms with Gasteiger partial charge in [0.25, 0.3) is 0 Å². The van der Waals surface area contributed by atoms with Gasteiger partial charge in [-0.3, -0.25) is 14.5 Å². The van der Waals surface area contributed by atoms with Crippen molar-refractivity contribution in [3.8, 4) is 0 Å². The summed E-state index contributed by atoms with van der Waals surface area (Å²) >= 11 is 4.72. The smallest absolute Gasteiger partial charge is 0.231 e. The molecule has 4 nitrogen and oxygen atoms in total. The molecule has 0 radical (unpaired) electrons. The summed E-state index contributed by atoms with van der Waals surface area (Å²) in [4.78, 5) is 25.4. The molecule has 0 aromatic carbocycles. The van der Waals surface area contributed by atoms with Gasteiger partial charge in [0.1, 0.15) is 0 Å². The Morgan fingerprint density at radius 3 is 2.53 bits per heavy atom.